The van der Waals surface area contributed by atoms with Crippen LogP contribution in [0, 0.1) is 0 Å². The Labute approximate surface area is 79.1 Å². The summed E-state index contributed by atoms with van der Waals surface area (Å²) >= 11 is 9.05. The Morgan fingerprint density at radius 2 is 2.27 bits per heavy atom. The van der Waals surface area contributed by atoms with Crippen molar-refractivity contribution in [3.63, 3.8) is 0 Å². The van der Waals surface area contributed by atoms with Crippen LogP contribution in [0.5, 0.6) is 0 Å². The van der Waals surface area contributed by atoms with E-state index in [2.05, 4.69) is 15.9 Å². The second kappa shape index (κ2) is 4.10. The van der Waals surface area contributed by atoms with Crippen LogP contribution in [0.2, 0.25) is 5.02 Å². The van der Waals surface area contributed by atoms with Gasteiger partial charge in [-0.3, -0.25) is 0 Å². The van der Waals surface area contributed by atoms with Gasteiger partial charge in [0.2, 0.25) is 0 Å². The molecule has 1 unspecified atom stereocenters. The van der Waals surface area contributed by atoms with E-state index in [0.29, 0.717) is 5.02 Å². The van der Waals surface area contributed by atoms with Crippen LogP contribution < -0.4 is 0 Å². The Bertz CT molecular complexity index is 239. The van der Waals surface area contributed by atoms with E-state index >= 15 is 0 Å². The van der Waals surface area contributed by atoms with Crippen molar-refractivity contribution < 1.29 is 5.11 Å². The Morgan fingerprint density at radius 3 is 2.82 bits per heavy atom. The van der Waals surface area contributed by atoms with Crippen molar-refractivity contribution in [1.82, 2.24) is 0 Å². The number of aliphatic hydroxyl groups is 1. The third-order valence-corrected chi connectivity index (χ3v) is 2.42. The molecule has 3 heteroatoms. The molecule has 0 aromatic heterocycles. The van der Waals surface area contributed by atoms with E-state index in [1.165, 1.54) is 0 Å². The smallest absolute Gasteiger partial charge is 0.0626 e. The van der Waals surface area contributed by atoms with Crippen molar-refractivity contribution in [2.24, 2.45) is 0 Å². The monoisotopic (exact) mass is 234 g/mol. The van der Waals surface area contributed by atoms with E-state index in [9.17, 15) is 0 Å². The van der Waals surface area contributed by atoms with Crippen LogP contribution >= 0.6 is 27.5 Å². The summed E-state index contributed by atoms with van der Waals surface area (Å²) in [5.74, 6) is 0. The molecule has 0 aliphatic rings. The molecular formula is C8H8BrClO. The minimum absolute atomic E-state index is 0.0128. The van der Waals surface area contributed by atoms with E-state index < -0.39 is 0 Å². The van der Waals surface area contributed by atoms with Crippen molar-refractivity contribution in [2.45, 2.75) is 4.83 Å². The van der Waals surface area contributed by atoms with Crippen LogP contribution in [-0.4, -0.2) is 11.7 Å². The highest BCUT2D eigenvalue weighted by Crippen LogP contribution is 2.23. The van der Waals surface area contributed by atoms with Crippen molar-refractivity contribution >= 4 is 27.5 Å². The fraction of sp³-hybridized carbons (Fsp3) is 0.250. The highest BCUT2D eigenvalue weighted by Gasteiger charge is 2.04. The molecule has 0 amide bonds. The van der Waals surface area contributed by atoms with Gasteiger partial charge in [-0.1, -0.05) is 39.7 Å². The molecular weight excluding hydrogens is 227 g/mol. The molecule has 1 aromatic carbocycles. The second-order valence-corrected chi connectivity index (χ2v) is 3.75. The van der Waals surface area contributed by atoms with E-state index in [1.54, 1.807) is 0 Å². The molecule has 0 saturated heterocycles. The van der Waals surface area contributed by atoms with E-state index in [4.69, 9.17) is 16.7 Å². The van der Waals surface area contributed by atoms with Crippen LogP contribution in [-0.2, 0) is 0 Å². The number of rotatable bonds is 2. The van der Waals surface area contributed by atoms with Gasteiger partial charge >= 0.3 is 0 Å². The fourth-order valence-corrected chi connectivity index (χ4v) is 1.29. The normalized spacial score (nSPS) is 13.0. The third kappa shape index (κ3) is 2.47. The van der Waals surface area contributed by atoms with Crippen molar-refractivity contribution in [3.05, 3.63) is 34.9 Å². The van der Waals surface area contributed by atoms with E-state index in [1.807, 2.05) is 24.3 Å². The van der Waals surface area contributed by atoms with E-state index in [0.717, 1.165) is 5.56 Å². The summed E-state index contributed by atoms with van der Waals surface area (Å²) in [4.78, 5) is -0.0128. The van der Waals surface area contributed by atoms with Gasteiger partial charge in [0.25, 0.3) is 0 Å². The first-order chi connectivity index (χ1) is 5.24. The Balaban J connectivity index is 2.86. The van der Waals surface area contributed by atoms with Crippen LogP contribution in [0.1, 0.15) is 10.4 Å². The van der Waals surface area contributed by atoms with Crippen molar-refractivity contribution in [3.8, 4) is 0 Å². The summed E-state index contributed by atoms with van der Waals surface area (Å²) in [6.07, 6.45) is 0. The highest BCUT2D eigenvalue weighted by atomic mass is 79.9. The zero-order chi connectivity index (χ0) is 8.27. The summed E-state index contributed by atoms with van der Waals surface area (Å²) in [6.45, 7) is 0.0837. The van der Waals surface area contributed by atoms with Gasteiger partial charge in [0.05, 0.1) is 11.4 Å². The average Bonchev–Trinajstić information content (AvgIpc) is 2.03. The molecule has 0 radical (unpaired) electrons. The molecule has 11 heavy (non-hydrogen) atoms. The lowest BCUT2D eigenvalue weighted by molar-refractivity contribution is 0.298. The molecule has 0 spiro atoms. The number of aliphatic hydroxyl groups excluding tert-OH is 1. The van der Waals surface area contributed by atoms with Gasteiger partial charge in [-0.25, -0.2) is 0 Å². The molecule has 0 saturated carbocycles. The zero-order valence-corrected chi connectivity index (χ0v) is 8.14. The maximum absolute atomic E-state index is 8.79. The molecule has 1 N–H and O–H groups in total. The molecule has 0 aliphatic heterocycles. The predicted molar refractivity (Wildman–Crippen MR) is 50.2 cm³/mol. The lowest BCUT2D eigenvalue weighted by Gasteiger charge is -2.05. The van der Waals surface area contributed by atoms with Gasteiger partial charge in [-0.2, -0.15) is 0 Å². The number of hydrogen-bond donors (Lipinski definition) is 1. The molecule has 1 atom stereocenters. The first kappa shape index (κ1) is 9.04. The van der Waals surface area contributed by atoms with Gasteiger partial charge in [0.15, 0.2) is 0 Å². The van der Waals surface area contributed by atoms with Crippen LogP contribution in [0.25, 0.3) is 0 Å². The number of hydrogen-bond acceptors (Lipinski definition) is 1. The molecule has 60 valence electrons. The van der Waals surface area contributed by atoms with Crippen LogP contribution in [0.4, 0.5) is 0 Å². The second-order valence-electron chi connectivity index (χ2n) is 2.21. The van der Waals surface area contributed by atoms with Crippen LogP contribution in [0.15, 0.2) is 24.3 Å². The summed E-state index contributed by atoms with van der Waals surface area (Å²) < 4.78 is 0. The fourth-order valence-electron chi connectivity index (χ4n) is 0.807. The van der Waals surface area contributed by atoms with E-state index in [-0.39, 0.29) is 11.4 Å². The molecule has 0 heterocycles. The Morgan fingerprint density at radius 1 is 1.55 bits per heavy atom. The minimum Gasteiger partial charge on any atom is -0.395 e. The van der Waals surface area contributed by atoms with Crippen LogP contribution in [0.3, 0.4) is 0 Å². The zero-order valence-electron chi connectivity index (χ0n) is 5.80. The summed E-state index contributed by atoms with van der Waals surface area (Å²) in [5, 5.41) is 9.48. The third-order valence-electron chi connectivity index (χ3n) is 1.37. The standard InChI is InChI=1S/C8H8BrClO/c9-8(5-11)6-2-1-3-7(10)4-6/h1-4,8,11H,5H2. The SMILES string of the molecule is OCC(Br)c1cccc(Cl)c1. The number of alkyl halides is 1. The molecule has 0 aliphatic carbocycles. The van der Waals surface area contributed by atoms with Gasteiger partial charge in [-0.15, -0.1) is 0 Å². The number of benzene rings is 1. The molecule has 0 fully saturated rings. The van der Waals surface area contributed by atoms with Crippen molar-refractivity contribution in [2.75, 3.05) is 6.61 Å². The molecule has 1 aromatic rings. The maximum Gasteiger partial charge on any atom is 0.0626 e. The summed E-state index contributed by atoms with van der Waals surface area (Å²) in [5.41, 5.74) is 1.00. The quantitative estimate of drug-likeness (QED) is 0.782. The van der Waals surface area contributed by atoms with Gasteiger partial charge in [0, 0.05) is 5.02 Å². The maximum atomic E-state index is 8.79. The van der Waals surface area contributed by atoms with Gasteiger partial charge in [0.1, 0.15) is 0 Å². The summed E-state index contributed by atoms with van der Waals surface area (Å²) in [7, 11) is 0. The molecule has 1 nitrogen and oxygen atoms in total. The first-order valence-corrected chi connectivity index (χ1v) is 4.54. The number of halogens is 2. The predicted octanol–water partition coefficient (Wildman–Crippen LogP) is 2.77. The highest BCUT2D eigenvalue weighted by molar-refractivity contribution is 9.09. The Kier molecular flexibility index (Phi) is 3.37. The van der Waals surface area contributed by atoms with Crippen molar-refractivity contribution in [1.29, 1.82) is 0 Å². The molecule has 0 bridgehead atoms. The topological polar surface area (TPSA) is 20.2 Å². The summed E-state index contributed by atoms with van der Waals surface area (Å²) in [6, 6.07) is 7.42. The first-order valence-electron chi connectivity index (χ1n) is 3.24. The molecule has 1 rings (SSSR count). The lowest BCUT2D eigenvalue weighted by Crippen LogP contribution is -1.94. The Hall–Kier alpha value is -0.0500. The van der Waals surface area contributed by atoms with Gasteiger partial charge in [-0.05, 0) is 17.7 Å². The minimum atomic E-state index is -0.0128. The average molecular weight is 236 g/mol. The lowest BCUT2D eigenvalue weighted by atomic mass is 10.2. The van der Waals surface area contributed by atoms with Gasteiger partial charge < -0.3 is 5.11 Å². The largest absolute Gasteiger partial charge is 0.395 e.